The Morgan fingerprint density at radius 3 is 2.60 bits per heavy atom. The van der Waals surface area contributed by atoms with Crippen molar-refractivity contribution in [3.8, 4) is 0 Å². The molecular weight excluding hydrogens is 152 g/mol. The van der Waals surface area contributed by atoms with E-state index in [1.807, 2.05) is 0 Å². The molecule has 0 spiro atoms. The maximum absolute atomic E-state index is 10.8. The number of halogens is 1. The first-order valence-electron chi connectivity index (χ1n) is 2.80. The second-order valence-electron chi connectivity index (χ2n) is 2.05. The predicted molar refractivity (Wildman–Crippen MR) is 38.2 cm³/mol. The van der Waals surface area contributed by atoms with E-state index in [9.17, 15) is 4.79 Å². The van der Waals surface area contributed by atoms with Crippen molar-refractivity contribution in [3.63, 3.8) is 0 Å². The average Bonchev–Trinajstić information content (AvgIpc) is 2.11. The Balaban J connectivity index is 3.23. The summed E-state index contributed by atoms with van der Waals surface area (Å²) in [7, 11) is 1.73. The smallest absolute Gasteiger partial charge is 0.179 e. The lowest BCUT2D eigenvalue weighted by atomic mass is 10.3. The van der Waals surface area contributed by atoms with Crippen molar-refractivity contribution in [1.82, 2.24) is 9.55 Å². The van der Waals surface area contributed by atoms with Gasteiger partial charge in [-0.1, -0.05) is 11.6 Å². The highest BCUT2D eigenvalue weighted by Crippen LogP contribution is 2.11. The fourth-order valence-corrected chi connectivity index (χ4v) is 1.11. The molecule has 0 N–H and O–H groups in total. The molecule has 4 heteroatoms. The summed E-state index contributed by atoms with van der Waals surface area (Å²) in [6, 6.07) is 0. The van der Waals surface area contributed by atoms with E-state index in [1.165, 1.54) is 13.3 Å². The van der Waals surface area contributed by atoms with Gasteiger partial charge in [-0.2, -0.15) is 0 Å². The van der Waals surface area contributed by atoms with E-state index in [2.05, 4.69) is 4.98 Å². The number of rotatable bonds is 1. The second-order valence-corrected chi connectivity index (χ2v) is 2.41. The number of imidazole rings is 1. The minimum Gasteiger partial charge on any atom is -0.330 e. The van der Waals surface area contributed by atoms with Gasteiger partial charge in [0, 0.05) is 14.0 Å². The maximum Gasteiger partial charge on any atom is 0.179 e. The van der Waals surface area contributed by atoms with Crippen molar-refractivity contribution >= 4 is 17.4 Å². The molecule has 0 fully saturated rings. The molecule has 0 saturated heterocycles. The zero-order chi connectivity index (χ0) is 7.72. The molecule has 0 unspecified atom stereocenters. The van der Waals surface area contributed by atoms with Gasteiger partial charge in [0.25, 0.3) is 0 Å². The van der Waals surface area contributed by atoms with Gasteiger partial charge in [-0.15, -0.1) is 0 Å². The van der Waals surface area contributed by atoms with Gasteiger partial charge < -0.3 is 4.57 Å². The Morgan fingerprint density at radius 1 is 1.80 bits per heavy atom. The summed E-state index contributed by atoms with van der Waals surface area (Å²) in [5, 5.41) is 0.273. The van der Waals surface area contributed by atoms with Crippen LogP contribution in [0.4, 0.5) is 0 Å². The predicted octanol–water partition coefficient (Wildman–Crippen LogP) is 1.28. The van der Waals surface area contributed by atoms with E-state index in [1.54, 1.807) is 11.6 Å². The number of carbonyl (C=O) groups excluding carboxylic acids is 1. The Morgan fingerprint density at radius 2 is 2.40 bits per heavy atom. The molecule has 0 saturated carbocycles. The highest BCUT2D eigenvalue weighted by Gasteiger charge is 2.09. The van der Waals surface area contributed by atoms with E-state index >= 15 is 0 Å². The highest BCUT2D eigenvalue weighted by atomic mass is 35.5. The van der Waals surface area contributed by atoms with Crippen molar-refractivity contribution in [2.75, 3.05) is 0 Å². The van der Waals surface area contributed by atoms with Crippen molar-refractivity contribution < 1.29 is 4.79 Å². The topological polar surface area (TPSA) is 34.9 Å². The van der Waals surface area contributed by atoms with Crippen LogP contribution in [0.5, 0.6) is 0 Å². The van der Waals surface area contributed by atoms with Gasteiger partial charge in [-0.3, -0.25) is 4.79 Å². The molecule has 0 aliphatic rings. The monoisotopic (exact) mass is 158 g/mol. The van der Waals surface area contributed by atoms with E-state index in [-0.39, 0.29) is 10.9 Å². The zero-order valence-electron chi connectivity index (χ0n) is 5.76. The molecule has 1 heterocycles. The third kappa shape index (κ3) is 1.04. The molecule has 1 rings (SSSR count). The Bertz CT molecular complexity index is 247. The summed E-state index contributed by atoms with van der Waals surface area (Å²) in [5.74, 6) is -0.0648. The minimum atomic E-state index is -0.0648. The maximum atomic E-state index is 10.8. The lowest BCUT2D eigenvalue weighted by Gasteiger charge is -1.94. The number of aryl methyl sites for hydroxylation is 1. The van der Waals surface area contributed by atoms with Crippen molar-refractivity contribution in [2.45, 2.75) is 6.92 Å². The van der Waals surface area contributed by atoms with Crippen LogP contribution in [-0.2, 0) is 7.05 Å². The van der Waals surface area contributed by atoms with Crippen LogP contribution in [0.1, 0.15) is 17.4 Å². The van der Waals surface area contributed by atoms with Crippen LogP contribution < -0.4 is 0 Å². The van der Waals surface area contributed by atoms with Gasteiger partial charge in [-0.25, -0.2) is 4.98 Å². The first-order chi connectivity index (χ1) is 4.63. The molecule has 3 nitrogen and oxygen atoms in total. The standard InChI is InChI=1S/C6H7ClN2O/c1-4(10)5-6(7)8-3-9(5)2/h3H,1-2H3. The quantitative estimate of drug-likeness (QED) is 0.577. The Labute approximate surface area is 63.6 Å². The fraction of sp³-hybridized carbons (Fsp3) is 0.333. The van der Waals surface area contributed by atoms with Crippen molar-refractivity contribution in [2.24, 2.45) is 7.05 Å². The van der Waals surface area contributed by atoms with E-state index in [0.717, 1.165) is 0 Å². The van der Waals surface area contributed by atoms with Gasteiger partial charge in [0.05, 0.1) is 6.33 Å². The van der Waals surface area contributed by atoms with Crippen LogP contribution in [0.15, 0.2) is 6.33 Å². The summed E-state index contributed by atoms with van der Waals surface area (Å²) >= 11 is 5.59. The number of carbonyl (C=O) groups is 1. The minimum absolute atomic E-state index is 0.0648. The Hall–Kier alpha value is -0.830. The molecular formula is C6H7ClN2O. The summed E-state index contributed by atoms with van der Waals surface area (Å²) in [5.41, 5.74) is 0.460. The molecule has 10 heavy (non-hydrogen) atoms. The summed E-state index contributed by atoms with van der Waals surface area (Å²) in [6.45, 7) is 1.46. The molecule has 1 aromatic heterocycles. The molecule has 0 aliphatic carbocycles. The number of hydrogen-bond acceptors (Lipinski definition) is 2. The molecule has 0 amide bonds. The van der Waals surface area contributed by atoms with Gasteiger partial charge in [0.15, 0.2) is 10.9 Å². The largest absolute Gasteiger partial charge is 0.330 e. The van der Waals surface area contributed by atoms with Crippen LogP contribution in [0.25, 0.3) is 0 Å². The lowest BCUT2D eigenvalue weighted by molar-refractivity contribution is 0.101. The van der Waals surface area contributed by atoms with Gasteiger partial charge in [0.1, 0.15) is 5.69 Å². The first-order valence-corrected chi connectivity index (χ1v) is 3.18. The first kappa shape index (κ1) is 7.28. The van der Waals surface area contributed by atoms with Crippen LogP contribution in [-0.4, -0.2) is 15.3 Å². The lowest BCUT2D eigenvalue weighted by Crippen LogP contribution is -2.00. The van der Waals surface area contributed by atoms with Crippen LogP contribution >= 0.6 is 11.6 Å². The third-order valence-corrected chi connectivity index (χ3v) is 1.50. The molecule has 0 bridgehead atoms. The van der Waals surface area contributed by atoms with Crippen LogP contribution in [0.3, 0.4) is 0 Å². The molecule has 1 aromatic rings. The zero-order valence-corrected chi connectivity index (χ0v) is 6.51. The molecule has 0 aliphatic heterocycles. The SMILES string of the molecule is CC(=O)c1c(Cl)ncn1C. The number of ketones is 1. The normalized spacial score (nSPS) is 9.90. The molecule has 0 atom stereocenters. The average molecular weight is 159 g/mol. The van der Waals surface area contributed by atoms with Crippen LogP contribution in [0, 0.1) is 0 Å². The van der Waals surface area contributed by atoms with Gasteiger partial charge in [0.2, 0.25) is 0 Å². The van der Waals surface area contributed by atoms with Crippen molar-refractivity contribution in [1.29, 1.82) is 0 Å². The van der Waals surface area contributed by atoms with E-state index in [0.29, 0.717) is 5.69 Å². The van der Waals surface area contributed by atoms with E-state index in [4.69, 9.17) is 11.6 Å². The van der Waals surface area contributed by atoms with Crippen molar-refractivity contribution in [3.05, 3.63) is 17.2 Å². The fourth-order valence-electron chi connectivity index (χ4n) is 0.795. The second kappa shape index (κ2) is 2.42. The number of Topliss-reactive ketones (excluding diaryl/α,β-unsaturated/α-hetero) is 1. The number of hydrogen-bond donors (Lipinski definition) is 0. The van der Waals surface area contributed by atoms with E-state index < -0.39 is 0 Å². The number of nitrogens with zero attached hydrogens (tertiary/aromatic N) is 2. The van der Waals surface area contributed by atoms with Crippen LogP contribution in [0.2, 0.25) is 5.15 Å². The Kier molecular flexibility index (Phi) is 1.76. The highest BCUT2D eigenvalue weighted by molar-refractivity contribution is 6.32. The molecule has 54 valence electrons. The molecule has 0 aromatic carbocycles. The third-order valence-electron chi connectivity index (χ3n) is 1.23. The summed E-state index contributed by atoms with van der Waals surface area (Å²) in [4.78, 5) is 14.5. The number of aromatic nitrogens is 2. The summed E-state index contributed by atoms with van der Waals surface area (Å²) < 4.78 is 1.60. The summed E-state index contributed by atoms with van der Waals surface area (Å²) in [6.07, 6.45) is 1.51. The van der Waals surface area contributed by atoms with Gasteiger partial charge in [-0.05, 0) is 0 Å². The molecule has 0 radical (unpaired) electrons. The van der Waals surface area contributed by atoms with Gasteiger partial charge >= 0.3 is 0 Å².